The summed E-state index contributed by atoms with van der Waals surface area (Å²) in [5.41, 5.74) is 1.51. The van der Waals surface area contributed by atoms with Crippen molar-refractivity contribution in [1.82, 2.24) is 10.2 Å². The average molecular weight is 457 g/mol. The molecular weight excluding hydrogens is 432 g/mol. The first-order valence-corrected chi connectivity index (χ1v) is 10.7. The number of amides is 5. The minimum atomic E-state index is -1.26. The van der Waals surface area contributed by atoms with Gasteiger partial charge in [0.2, 0.25) is 5.91 Å². The molecule has 4 rings (SSSR count). The van der Waals surface area contributed by atoms with Crippen LogP contribution in [0.4, 0.5) is 16.2 Å². The van der Waals surface area contributed by atoms with Crippen molar-refractivity contribution in [2.24, 2.45) is 0 Å². The fourth-order valence-corrected chi connectivity index (χ4v) is 3.85. The molecule has 34 heavy (non-hydrogen) atoms. The number of carbonyl (C=O) groups is 4. The van der Waals surface area contributed by atoms with Gasteiger partial charge in [-0.25, -0.2) is 4.79 Å². The number of para-hydroxylation sites is 1. The van der Waals surface area contributed by atoms with E-state index < -0.39 is 35.8 Å². The van der Waals surface area contributed by atoms with E-state index in [2.05, 4.69) is 16.0 Å². The minimum Gasteiger partial charge on any atom is -0.324 e. The molecule has 0 aromatic heterocycles. The molecule has 0 aliphatic carbocycles. The lowest BCUT2D eigenvalue weighted by atomic mass is 9.92. The molecule has 1 aliphatic heterocycles. The number of imide groups is 1. The van der Waals surface area contributed by atoms with Crippen LogP contribution in [0.1, 0.15) is 28.4 Å². The molecule has 3 N–H and O–H groups in total. The van der Waals surface area contributed by atoms with Crippen molar-refractivity contribution in [2.75, 3.05) is 17.2 Å². The summed E-state index contributed by atoms with van der Waals surface area (Å²) in [5.74, 6) is -1.52. The van der Waals surface area contributed by atoms with Gasteiger partial charge in [0.25, 0.3) is 11.8 Å². The maximum Gasteiger partial charge on any atom is 0.325 e. The Hall–Kier alpha value is -4.46. The van der Waals surface area contributed by atoms with E-state index in [0.717, 1.165) is 10.5 Å². The third-order valence-electron chi connectivity index (χ3n) is 5.65. The lowest BCUT2D eigenvalue weighted by Gasteiger charge is -2.22. The number of carbonyl (C=O) groups excluding carboxylic acids is 4. The molecule has 0 spiro atoms. The topological polar surface area (TPSA) is 108 Å². The second kappa shape index (κ2) is 9.19. The van der Waals surface area contributed by atoms with Gasteiger partial charge in [-0.1, -0.05) is 54.6 Å². The Morgan fingerprint density at radius 3 is 2.35 bits per heavy atom. The normalized spacial score (nSPS) is 17.3. The van der Waals surface area contributed by atoms with E-state index in [1.807, 2.05) is 31.2 Å². The lowest BCUT2D eigenvalue weighted by molar-refractivity contribution is -0.133. The van der Waals surface area contributed by atoms with E-state index in [-0.39, 0.29) is 11.3 Å². The van der Waals surface area contributed by atoms with Crippen LogP contribution in [-0.4, -0.2) is 35.2 Å². The lowest BCUT2D eigenvalue weighted by Crippen LogP contribution is -2.42. The molecule has 0 bridgehead atoms. The van der Waals surface area contributed by atoms with Crippen molar-refractivity contribution < 1.29 is 19.2 Å². The highest BCUT2D eigenvalue weighted by molar-refractivity contribution is 6.12. The first kappa shape index (κ1) is 22.7. The predicted octanol–water partition coefficient (Wildman–Crippen LogP) is 3.65. The maximum absolute atomic E-state index is 13.0. The van der Waals surface area contributed by atoms with Gasteiger partial charge in [0.1, 0.15) is 12.1 Å². The highest BCUT2D eigenvalue weighted by Crippen LogP contribution is 2.28. The Morgan fingerprint density at radius 1 is 0.912 bits per heavy atom. The molecule has 1 saturated heterocycles. The number of nitrogens with zero attached hydrogens (tertiary/aromatic N) is 1. The molecule has 3 aromatic carbocycles. The molecule has 5 amide bonds. The van der Waals surface area contributed by atoms with Gasteiger partial charge in [-0.3, -0.25) is 19.3 Å². The largest absolute Gasteiger partial charge is 0.325 e. The molecule has 0 radical (unpaired) electrons. The van der Waals surface area contributed by atoms with Gasteiger partial charge >= 0.3 is 6.03 Å². The predicted molar refractivity (Wildman–Crippen MR) is 128 cm³/mol. The van der Waals surface area contributed by atoms with Crippen LogP contribution < -0.4 is 16.0 Å². The zero-order valence-corrected chi connectivity index (χ0v) is 18.8. The summed E-state index contributed by atoms with van der Waals surface area (Å²) >= 11 is 0. The molecule has 0 saturated carbocycles. The quantitative estimate of drug-likeness (QED) is 0.492. The van der Waals surface area contributed by atoms with Gasteiger partial charge in [0, 0.05) is 5.69 Å². The second-order valence-electron chi connectivity index (χ2n) is 8.23. The summed E-state index contributed by atoms with van der Waals surface area (Å²) in [4.78, 5) is 52.0. The number of rotatable bonds is 6. The average Bonchev–Trinajstić information content (AvgIpc) is 3.04. The van der Waals surface area contributed by atoms with Crippen LogP contribution in [-0.2, 0) is 15.1 Å². The molecule has 1 heterocycles. The van der Waals surface area contributed by atoms with Gasteiger partial charge < -0.3 is 16.0 Å². The van der Waals surface area contributed by atoms with Crippen molar-refractivity contribution in [3.63, 3.8) is 0 Å². The summed E-state index contributed by atoms with van der Waals surface area (Å²) in [6.07, 6.45) is 0. The van der Waals surface area contributed by atoms with Crippen molar-refractivity contribution >= 4 is 35.1 Å². The van der Waals surface area contributed by atoms with Crippen LogP contribution in [0.3, 0.4) is 0 Å². The van der Waals surface area contributed by atoms with Crippen molar-refractivity contribution in [3.05, 3.63) is 95.6 Å². The summed E-state index contributed by atoms with van der Waals surface area (Å²) in [6, 6.07) is 22.1. The third kappa shape index (κ3) is 4.52. The van der Waals surface area contributed by atoms with E-state index in [0.29, 0.717) is 11.3 Å². The zero-order chi connectivity index (χ0) is 24.3. The molecule has 1 fully saturated rings. The standard InChI is InChI=1S/C26H24N4O4/c1-17-9-8-12-19(15-17)27-23(32)20-13-6-7-14-21(20)28-22(31)16-30-24(33)26(2,29-25(30)34)18-10-4-3-5-11-18/h3-15H,16H2,1-2H3,(H,27,32)(H,28,31)(H,29,34). The molecule has 8 nitrogen and oxygen atoms in total. The van der Waals surface area contributed by atoms with Crippen LogP contribution in [0, 0.1) is 6.92 Å². The Morgan fingerprint density at radius 2 is 1.62 bits per heavy atom. The van der Waals surface area contributed by atoms with Crippen LogP contribution in [0.25, 0.3) is 0 Å². The van der Waals surface area contributed by atoms with Gasteiger partial charge in [0.15, 0.2) is 0 Å². The summed E-state index contributed by atoms with van der Waals surface area (Å²) in [7, 11) is 0. The number of aryl methyl sites for hydroxylation is 1. The monoisotopic (exact) mass is 456 g/mol. The number of benzene rings is 3. The molecular formula is C26H24N4O4. The summed E-state index contributed by atoms with van der Waals surface area (Å²) < 4.78 is 0. The van der Waals surface area contributed by atoms with E-state index in [9.17, 15) is 19.2 Å². The first-order chi connectivity index (χ1) is 16.3. The zero-order valence-electron chi connectivity index (χ0n) is 18.8. The highest BCUT2D eigenvalue weighted by Gasteiger charge is 2.49. The van der Waals surface area contributed by atoms with E-state index >= 15 is 0 Å². The Kier molecular flexibility index (Phi) is 6.14. The number of urea groups is 1. The second-order valence-corrected chi connectivity index (χ2v) is 8.23. The fourth-order valence-electron chi connectivity index (χ4n) is 3.85. The van der Waals surface area contributed by atoms with E-state index in [4.69, 9.17) is 0 Å². The Bertz CT molecular complexity index is 1270. The van der Waals surface area contributed by atoms with Crippen molar-refractivity contribution in [2.45, 2.75) is 19.4 Å². The van der Waals surface area contributed by atoms with Crippen LogP contribution >= 0.6 is 0 Å². The smallest absolute Gasteiger partial charge is 0.324 e. The number of anilines is 2. The fraction of sp³-hybridized carbons (Fsp3) is 0.154. The number of nitrogens with one attached hydrogen (secondary N) is 3. The minimum absolute atomic E-state index is 0.253. The summed E-state index contributed by atoms with van der Waals surface area (Å²) in [6.45, 7) is 3.04. The molecule has 1 aliphatic rings. The van der Waals surface area contributed by atoms with Crippen molar-refractivity contribution in [1.29, 1.82) is 0 Å². The number of hydrogen-bond donors (Lipinski definition) is 3. The molecule has 8 heteroatoms. The highest BCUT2D eigenvalue weighted by atomic mass is 16.2. The SMILES string of the molecule is Cc1cccc(NC(=O)c2ccccc2NC(=O)CN2C(=O)NC(C)(c3ccccc3)C2=O)c1. The van der Waals surface area contributed by atoms with Gasteiger partial charge in [0.05, 0.1) is 11.3 Å². The third-order valence-corrected chi connectivity index (χ3v) is 5.65. The first-order valence-electron chi connectivity index (χ1n) is 10.7. The molecule has 3 aromatic rings. The van der Waals surface area contributed by atoms with Gasteiger partial charge in [-0.2, -0.15) is 0 Å². The maximum atomic E-state index is 13.0. The molecule has 172 valence electrons. The number of hydrogen-bond acceptors (Lipinski definition) is 4. The molecule has 1 atom stereocenters. The van der Waals surface area contributed by atoms with Gasteiger partial charge in [-0.05, 0) is 49.2 Å². The van der Waals surface area contributed by atoms with Crippen LogP contribution in [0.5, 0.6) is 0 Å². The molecule has 1 unspecified atom stereocenters. The van der Waals surface area contributed by atoms with Gasteiger partial charge in [-0.15, -0.1) is 0 Å². The Balaban J connectivity index is 1.47. The van der Waals surface area contributed by atoms with Crippen LogP contribution in [0.15, 0.2) is 78.9 Å². The van der Waals surface area contributed by atoms with E-state index in [1.54, 1.807) is 61.5 Å². The van der Waals surface area contributed by atoms with Crippen molar-refractivity contribution in [3.8, 4) is 0 Å². The Labute approximate surface area is 197 Å². The van der Waals surface area contributed by atoms with E-state index in [1.165, 1.54) is 0 Å². The van der Waals surface area contributed by atoms with Crippen LogP contribution in [0.2, 0.25) is 0 Å². The summed E-state index contributed by atoms with van der Waals surface area (Å²) in [5, 5.41) is 8.13.